The van der Waals surface area contributed by atoms with Crippen LogP contribution in [0.3, 0.4) is 0 Å². The molecule has 5 rings (SSSR count). The van der Waals surface area contributed by atoms with E-state index < -0.39 is 10.0 Å². The van der Waals surface area contributed by atoms with Crippen molar-refractivity contribution in [3.63, 3.8) is 0 Å². The summed E-state index contributed by atoms with van der Waals surface area (Å²) in [7, 11) is -3.62. The van der Waals surface area contributed by atoms with Crippen LogP contribution in [0, 0.1) is 6.92 Å². The zero-order valence-corrected chi connectivity index (χ0v) is 19.7. The third kappa shape index (κ3) is 4.58. The highest BCUT2D eigenvalue weighted by Gasteiger charge is 2.15. The standard InChI is InChI=1S/C28H25N3O2S/c1-21-8-7-11-25(20-21)34(32,33)30-23-17-14-22(15-18-23)16-19-28-29-26-12-5-6-13-27(26)31(28)24-9-3-2-4-10-24/h2-15,17-18,20,30H,16,19H2,1H3. The van der Waals surface area contributed by atoms with E-state index in [0.717, 1.165) is 46.5 Å². The van der Waals surface area contributed by atoms with E-state index in [2.05, 4.69) is 27.5 Å². The van der Waals surface area contributed by atoms with Crippen molar-refractivity contribution >= 4 is 26.7 Å². The number of nitrogens with one attached hydrogen (secondary N) is 1. The van der Waals surface area contributed by atoms with Crippen molar-refractivity contribution in [1.82, 2.24) is 9.55 Å². The molecule has 170 valence electrons. The molecule has 0 spiro atoms. The summed E-state index contributed by atoms with van der Waals surface area (Å²) >= 11 is 0. The molecule has 1 heterocycles. The molecule has 0 bridgehead atoms. The molecule has 0 aliphatic rings. The van der Waals surface area contributed by atoms with Gasteiger partial charge in [0, 0.05) is 17.8 Å². The van der Waals surface area contributed by atoms with E-state index in [0.29, 0.717) is 5.69 Å². The first-order chi connectivity index (χ1) is 16.5. The molecule has 0 unspecified atom stereocenters. The maximum atomic E-state index is 12.7. The largest absolute Gasteiger partial charge is 0.296 e. The molecule has 0 aliphatic heterocycles. The highest BCUT2D eigenvalue weighted by molar-refractivity contribution is 7.92. The number of aryl methyl sites for hydroxylation is 3. The predicted molar refractivity (Wildman–Crippen MR) is 137 cm³/mol. The first kappa shape index (κ1) is 21.9. The monoisotopic (exact) mass is 467 g/mol. The fourth-order valence-electron chi connectivity index (χ4n) is 4.10. The Hall–Kier alpha value is -3.90. The first-order valence-corrected chi connectivity index (χ1v) is 12.7. The Labute approximate surface area is 199 Å². The van der Waals surface area contributed by atoms with Gasteiger partial charge in [0.1, 0.15) is 5.82 Å². The summed E-state index contributed by atoms with van der Waals surface area (Å²) in [5.74, 6) is 0.997. The topological polar surface area (TPSA) is 64.0 Å². The average Bonchev–Trinajstić information content (AvgIpc) is 3.22. The van der Waals surface area contributed by atoms with Crippen LogP contribution in [0.4, 0.5) is 5.69 Å². The number of benzene rings is 4. The summed E-state index contributed by atoms with van der Waals surface area (Å²) in [5, 5.41) is 0. The minimum absolute atomic E-state index is 0.261. The van der Waals surface area contributed by atoms with Crippen molar-refractivity contribution in [1.29, 1.82) is 0 Å². The number of rotatable bonds is 7. The van der Waals surface area contributed by atoms with Crippen molar-refractivity contribution in [2.45, 2.75) is 24.7 Å². The quantitative estimate of drug-likeness (QED) is 0.323. The van der Waals surface area contributed by atoms with Gasteiger partial charge in [0.05, 0.1) is 15.9 Å². The number of hydrogen-bond donors (Lipinski definition) is 1. The molecule has 5 nitrogen and oxygen atoms in total. The molecule has 0 saturated heterocycles. The number of imidazole rings is 1. The summed E-state index contributed by atoms with van der Waals surface area (Å²) in [4.78, 5) is 5.14. The summed E-state index contributed by atoms with van der Waals surface area (Å²) in [6.45, 7) is 1.87. The van der Waals surface area contributed by atoms with Gasteiger partial charge in [0.15, 0.2) is 0 Å². The van der Waals surface area contributed by atoms with Gasteiger partial charge in [-0.2, -0.15) is 0 Å². The minimum atomic E-state index is -3.62. The number of fused-ring (bicyclic) bond motifs is 1. The zero-order chi connectivity index (χ0) is 23.5. The third-order valence-electron chi connectivity index (χ3n) is 5.79. The van der Waals surface area contributed by atoms with Crippen LogP contribution in [0.5, 0.6) is 0 Å². The van der Waals surface area contributed by atoms with Crippen LogP contribution >= 0.6 is 0 Å². The number of nitrogens with zero attached hydrogens (tertiary/aromatic N) is 2. The lowest BCUT2D eigenvalue weighted by atomic mass is 10.1. The van der Waals surface area contributed by atoms with Gasteiger partial charge in [-0.25, -0.2) is 13.4 Å². The van der Waals surface area contributed by atoms with E-state index >= 15 is 0 Å². The smallest absolute Gasteiger partial charge is 0.261 e. The van der Waals surface area contributed by atoms with E-state index in [9.17, 15) is 8.42 Å². The van der Waals surface area contributed by atoms with Crippen LogP contribution < -0.4 is 4.72 Å². The highest BCUT2D eigenvalue weighted by Crippen LogP contribution is 2.23. The predicted octanol–water partition coefficient (Wildman–Crippen LogP) is 5.92. The van der Waals surface area contributed by atoms with Crippen LogP contribution in [0.2, 0.25) is 0 Å². The summed E-state index contributed by atoms with van der Waals surface area (Å²) < 4.78 is 30.2. The molecule has 5 aromatic rings. The maximum absolute atomic E-state index is 12.7. The van der Waals surface area contributed by atoms with Gasteiger partial charge in [0.25, 0.3) is 10.0 Å². The van der Waals surface area contributed by atoms with E-state index in [-0.39, 0.29) is 4.90 Å². The lowest BCUT2D eigenvalue weighted by Gasteiger charge is -2.11. The van der Waals surface area contributed by atoms with Crippen molar-refractivity contribution in [3.05, 3.63) is 120 Å². The number of para-hydroxylation sites is 3. The molecule has 1 aromatic heterocycles. The Bertz CT molecular complexity index is 1540. The number of anilines is 1. The molecular formula is C28H25N3O2S. The second kappa shape index (κ2) is 9.15. The van der Waals surface area contributed by atoms with Crippen LogP contribution in [0.1, 0.15) is 17.0 Å². The average molecular weight is 468 g/mol. The van der Waals surface area contributed by atoms with E-state index in [1.165, 1.54) is 0 Å². The number of sulfonamides is 1. The minimum Gasteiger partial charge on any atom is -0.296 e. The van der Waals surface area contributed by atoms with Gasteiger partial charge in [-0.3, -0.25) is 9.29 Å². The van der Waals surface area contributed by atoms with Crippen LogP contribution in [0.15, 0.2) is 108 Å². The van der Waals surface area contributed by atoms with Crippen molar-refractivity contribution in [2.24, 2.45) is 0 Å². The van der Waals surface area contributed by atoms with Crippen molar-refractivity contribution in [2.75, 3.05) is 4.72 Å². The molecule has 1 N–H and O–H groups in total. The van der Waals surface area contributed by atoms with E-state index in [4.69, 9.17) is 4.98 Å². The molecule has 0 amide bonds. The number of hydrogen-bond acceptors (Lipinski definition) is 3. The Balaban J connectivity index is 1.34. The Morgan fingerprint density at radius 2 is 1.53 bits per heavy atom. The normalized spacial score (nSPS) is 11.6. The number of aromatic nitrogens is 2. The van der Waals surface area contributed by atoms with Crippen LogP contribution in [-0.2, 0) is 22.9 Å². The maximum Gasteiger partial charge on any atom is 0.261 e. The fourth-order valence-corrected chi connectivity index (χ4v) is 5.26. The summed E-state index contributed by atoms with van der Waals surface area (Å²) in [6.07, 6.45) is 1.55. The van der Waals surface area contributed by atoms with Gasteiger partial charge in [-0.05, 0) is 73.0 Å². The fraction of sp³-hybridized carbons (Fsp3) is 0.107. The van der Waals surface area contributed by atoms with Gasteiger partial charge in [-0.15, -0.1) is 0 Å². The molecule has 34 heavy (non-hydrogen) atoms. The first-order valence-electron chi connectivity index (χ1n) is 11.2. The van der Waals surface area contributed by atoms with Gasteiger partial charge in [-0.1, -0.05) is 54.6 Å². The molecule has 0 fully saturated rings. The third-order valence-corrected chi connectivity index (χ3v) is 7.17. The van der Waals surface area contributed by atoms with Gasteiger partial charge < -0.3 is 0 Å². The molecule has 4 aromatic carbocycles. The second-order valence-electron chi connectivity index (χ2n) is 8.31. The van der Waals surface area contributed by atoms with Gasteiger partial charge >= 0.3 is 0 Å². The SMILES string of the molecule is Cc1cccc(S(=O)(=O)Nc2ccc(CCc3nc4ccccc4n3-c3ccccc3)cc2)c1. The molecule has 6 heteroatoms. The van der Waals surface area contributed by atoms with Crippen molar-refractivity contribution in [3.8, 4) is 5.69 Å². The van der Waals surface area contributed by atoms with E-state index in [1.54, 1.807) is 18.2 Å². The Morgan fingerprint density at radius 3 is 2.29 bits per heavy atom. The molecule has 0 radical (unpaired) electrons. The summed E-state index contributed by atoms with van der Waals surface area (Å²) in [6, 6.07) is 32.8. The lowest BCUT2D eigenvalue weighted by Crippen LogP contribution is -2.13. The Kier molecular flexibility index (Phi) is 5.90. The highest BCUT2D eigenvalue weighted by atomic mass is 32.2. The van der Waals surface area contributed by atoms with Gasteiger partial charge in [0.2, 0.25) is 0 Å². The summed E-state index contributed by atoms with van der Waals surface area (Å²) in [5.41, 5.74) is 5.71. The van der Waals surface area contributed by atoms with Crippen LogP contribution in [-0.4, -0.2) is 18.0 Å². The molecule has 0 saturated carbocycles. The lowest BCUT2D eigenvalue weighted by molar-refractivity contribution is 0.601. The van der Waals surface area contributed by atoms with E-state index in [1.807, 2.05) is 73.7 Å². The molecule has 0 aliphatic carbocycles. The van der Waals surface area contributed by atoms with Crippen LogP contribution in [0.25, 0.3) is 16.7 Å². The second-order valence-corrected chi connectivity index (χ2v) is 9.99. The molecular weight excluding hydrogens is 442 g/mol. The molecule has 0 atom stereocenters. The zero-order valence-electron chi connectivity index (χ0n) is 18.8. The van der Waals surface area contributed by atoms with Crippen molar-refractivity contribution < 1.29 is 8.42 Å². The Morgan fingerprint density at radius 1 is 0.794 bits per heavy atom.